The van der Waals surface area contributed by atoms with Crippen LogP contribution in [0.25, 0.3) is 0 Å². The van der Waals surface area contributed by atoms with Crippen LogP contribution in [0.3, 0.4) is 0 Å². The monoisotopic (exact) mass is 299 g/mol. The van der Waals surface area contributed by atoms with Gasteiger partial charge < -0.3 is 20.2 Å². The molecular formula is C15H29N3O3. The summed E-state index contributed by atoms with van der Waals surface area (Å²) in [5, 5.41) is 12.3. The zero-order valence-corrected chi connectivity index (χ0v) is 13.7. The van der Waals surface area contributed by atoms with Crippen LogP contribution in [0.1, 0.15) is 47.0 Å². The van der Waals surface area contributed by atoms with E-state index >= 15 is 0 Å². The molecule has 1 saturated heterocycles. The number of amides is 2. The van der Waals surface area contributed by atoms with E-state index in [2.05, 4.69) is 17.1 Å². The first-order valence-electron chi connectivity index (χ1n) is 7.86. The van der Waals surface area contributed by atoms with Crippen molar-refractivity contribution in [3.8, 4) is 0 Å². The highest BCUT2D eigenvalue weighted by Gasteiger charge is 2.37. The van der Waals surface area contributed by atoms with Crippen LogP contribution in [0.5, 0.6) is 0 Å². The second-order valence-electron chi connectivity index (χ2n) is 6.17. The van der Waals surface area contributed by atoms with Gasteiger partial charge in [0.1, 0.15) is 5.54 Å². The molecule has 0 spiro atoms. The first-order valence-corrected chi connectivity index (χ1v) is 7.86. The van der Waals surface area contributed by atoms with E-state index in [0.717, 1.165) is 38.9 Å². The molecular weight excluding hydrogens is 270 g/mol. The van der Waals surface area contributed by atoms with Gasteiger partial charge in [-0.25, -0.2) is 9.59 Å². The van der Waals surface area contributed by atoms with Gasteiger partial charge in [-0.2, -0.15) is 0 Å². The number of likely N-dealkylation sites (N-methyl/N-ethyl adjacent to an activating group) is 1. The summed E-state index contributed by atoms with van der Waals surface area (Å²) >= 11 is 0. The van der Waals surface area contributed by atoms with E-state index in [-0.39, 0.29) is 12.1 Å². The molecule has 122 valence electrons. The van der Waals surface area contributed by atoms with Crippen LogP contribution in [0.2, 0.25) is 0 Å². The van der Waals surface area contributed by atoms with E-state index in [1.807, 2.05) is 0 Å². The van der Waals surface area contributed by atoms with Crippen molar-refractivity contribution in [2.24, 2.45) is 0 Å². The molecule has 6 heteroatoms. The Hall–Kier alpha value is -1.30. The number of piperidine rings is 1. The Kier molecular flexibility index (Phi) is 6.45. The van der Waals surface area contributed by atoms with Crippen LogP contribution in [0, 0.1) is 0 Å². The largest absolute Gasteiger partial charge is 0.480 e. The summed E-state index contributed by atoms with van der Waals surface area (Å²) in [7, 11) is 0. The van der Waals surface area contributed by atoms with Crippen molar-refractivity contribution in [3.05, 3.63) is 0 Å². The number of hydrogen-bond acceptors (Lipinski definition) is 3. The third kappa shape index (κ3) is 4.59. The molecule has 0 aromatic heterocycles. The first kappa shape index (κ1) is 17.8. The molecule has 6 nitrogen and oxygen atoms in total. The van der Waals surface area contributed by atoms with Crippen molar-refractivity contribution in [2.45, 2.75) is 58.5 Å². The maximum atomic E-state index is 12.3. The number of nitrogens with zero attached hydrogens (tertiary/aromatic N) is 2. The molecule has 1 aliphatic heterocycles. The minimum atomic E-state index is -1.19. The fraction of sp³-hybridized carbons (Fsp3) is 0.867. The second-order valence-corrected chi connectivity index (χ2v) is 6.17. The number of nitrogens with one attached hydrogen (secondary N) is 1. The van der Waals surface area contributed by atoms with Crippen molar-refractivity contribution in [2.75, 3.05) is 26.2 Å². The van der Waals surface area contributed by atoms with Gasteiger partial charge in [-0.05, 0) is 46.6 Å². The summed E-state index contributed by atoms with van der Waals surface area (Å²) in [6, 6.07) is -0.136. The highest BCUT2D eigenvalue weighted by Crippen LogP contribution is 2.16. The fourth-order valence-electron chi connectivity index (χ4n) is 2.78. The van der Waals surface area contributed by atoms with Crippen LogP contribution in [-0.2, 0) is 4.79 Å². The minimum absolute atomic E-state index is 0.143. The van der Waals surface area contributed by atoms with Crippen molar-refractivity contribution >= 4 is 12.0 Å². The zero-order valence-electron chi connectivity index (χ0n) is 13.7. The molecule has 1 aliphatic rings. The minimum Gasteiger partial charge on any atom is -0.480 e. The van der Waals surface area contributed by atoms with Gasteiger partial charge in [-0.3, -0.25) is 0 Å². The topological polar surface area (TPSA) is 72.9 Å². The lowest BCUT2D eigenvalue weighted by atomic mass is 10.0. The van der Waals surface area contributed by atoms with E-state index in [0.29, 0.717) is 6.54 Å². The highest BCUT2D eigenvalue weighted by atomic mass is 16.4. The second kappa shape index (κ2) is 7.64. The number of carboxylic acids is 1. The van der Waals surface area contributed by atoms with E-state index in [4.69, 9.17) is 0 Å². The Labute approximate surface area is 127 Å². The molecule has 0 bridgehead atoms. The van der Waals surface area contributed by atoms with Gasteiger partial charge in [-0.15, -0.1) is 0 Å². The van der Waals surface area contributed by atoms with Crippen molar-refractivity contribution < 1.29 is 14.7 Å². The number of likely N-dealkylation sites (tertiary alicyclic amines) is 1. The number of hydrogen-bond donors (Lipinski definition) is 2. The van der Waals surface area contributed by atoms with Gasteiger partial charge in [0.05, 0.1) is 0 Å². The third-order valence-corrected chi connectivity index (χ3v) is 4.21. The Morgan fingerprint density at radius 3 is 2.29 bits per heavy atom. The van der Waals surface area contributed by atoms with Crippen LogP contribution >= 0.6 is 0 Å². The van der Waals surface area contributed by atoms with Crippen LogP contribution < -0.4 is 5.32 Å². The van der Waals surface area contributed by atoms with Crippen LogP contribution in [0.15, 0.2) is 0 Å². The lowest BCUT2D eigenvalue weighted by molar-refractivity contribution is -0.147. The molecule has 0 atom stereocenters. The highest BCUT2D eigenvalue weighted by molar-refractivity contribution is 5.85. The predicted molar refractivity (Wildman–Crippen MR) is 82.4 cm³/mol. The van der Waals surface area contributed by atoms with E-state index in [1.165, 1.54) is 4.90 Å². The number of rotatable bonds is 6. The maximum Gasteiger partial charge on any atom is 0.329 e. The molecule has 1 fully saturated rings. The number of urea groups is 1. The van der Waals surface area contributed by atoms with Gasteiger partial charge in [0, 0.05) is 25.7 Å². The lowest BCUT2D eigenvalue weighted by Crippen LogP contribution is -2.58. The Bertz CT molecular complexity index is 363. The SMILES string of the molecule is CCCN1CCC(NC(=O)N(CC)C(C)(C)C(=O)O)CC1. The molecule has 1 heterocycles. The fourth-order valence-corrected chi connectivity index (χ4v) is 2.78. The third-order valence-electron chi connectivity index (χ3n) is 4.21. The van der Waals surface area contributed by atoms with Gasteiger partial charge in [-0.1, -0.05) is 6.92 Å². The summed E-state index contributed by atoms with van der Waals surface area (Å²) in [4.78, 5) is 27.4. The smallest absolute Gasteiger partial charge is 0.329 e. The number of carbonyl (C=O) groups is 2. The summed E-state index contributed by atoms with van der Waals surface area (Å²) in [6.07, 6.45) is 3.00. The average molecular weight is 299 g/mol. The molecule has 2 amide bonds. The Morgan fingerprint density at radius 1 is 1.29 bits per heavy atom. The Balaban J connectivity index is 2.54. The van der Waals surface area contributed by atoms with Gasteiger partial charge in [0.15, 0.2) is 0 Å². The van der Waals surface area contributed by atoms with Gasteiger partial charge in [0.25, 0.3) is 0 Å². The van der Waals surface area contributed by atoms with Crippen molar-refractivity contribution in [3.63, 3.8) is 0 Å². The number of aliphatic carboxylic acids is 1. The number of carbonyl (C=O) groups excluding carboxylic acids is 1. The molecule has 0 unspecified atom stereocenters. The van der Waals surface area contributed by atoms with Gasteiger partial charge in [0.2, 0.25) is 0 Å². The molecule has 0 saturated carbocycles. The van der Waals surface area contributed by atoms with E-state index in [1.54, 1.807) is 20.8 Å². The first-order chi connectivity index (χ1) is 9.82. The van der Waals surface area contributed by atoms with Gasteiger partial charge >= 0.3 is 12.0 Å². The van der Waals surface area contributed by atoms with E-state index in [9.17, 15) is 14.7 Å². The summed E-state index contributed by atoms with van der Waals surface area (Å²) in [5.74, 6) is -0.989. The lowest BCUT2D eigenvalue weighted by Gasteiger charge is -2.37. The predicted octanol–water partition coefficient (Wildman–Crippen LogP) is 1.76. The summed E-state index contributed by atoms with van der Waals surface area (Å²) < 4.78 is 0. The van der Waals surface area contributed by atoms with Crippen LogP contribution in [0.4, 0.5) is 4.79 Å². The standard InChI is InChI=1S/C15H29N3O3/c1-5-9-17-10-7-12(8-11-17)16-14(21)18(6-2)15(3,4)13(19)20/h12H,5-11H2,1-4H3,(H,16,21)(H,19,20). The quantitative estimate of drug-likeness (QED) is 0.784. The van der Waals surface area contributed by atoms with Crippen LogP contribution in [-0.4, -0.2) is 64.7 Å². The average Bonchev–Trinajstić information content (AvgIpc) is 2.41. The molecule has 0 aromatic carbocycles. The molecule has 21 heavy (non-hydrogen) atoms. The normalized spacial score (nSPS) is 17.5. The summed E-state index contributed by atoms with van der Waals surface area (Å²) in [6.45, 7) is 10.5. The Morgan fingerprint density at radius 2 is 1.86 bits per heavy atom. The maximum absolute atomic E-state index is 12.3. The summed E-state index contributed by atoms with van der Waals surface area (Å²) in [5.41, 5.74) is -1.19. The van der Waals surface area contributed by atoms with E-state index < -0.39 is 11.5 Å². The molecule has 0 aliphatic carbocycles. The number of carboxylic acid groups (broad SMARTS) is 1. The van der Waals surface area contributed by atoms with Crippen molar-refractivity contribution in [1.82, 2.24) is 15.1 Å². The molecule has 1 rings (SSSR count). The van der Waals surface area contributed by atoms with Crippen molar-refractivity contribution in [1.29, 1.82) is 0 Å². The molecule has 0 radical (unpaired) electrons. The molecule has 2 N–H and O–H groups in total. The zero-order chi connectivity index (χ0) is 16.0. The molecule has 0 aromatic rings.